The van der Waals surface area contributed by atoms with E-state index in [0.717, 1.165) is 144 Å². The average molecular weight is 1840 g/mol. The zero-order valence-corrected chi connectivity index (χ0v) is 82.8. The Morgan fingerprint density at radius 2 is 0.902 bits per heavy atom. The molecule has 30 nitrogen and oxygen atoms in total. The lowest BCUT2D eigenvalue weighted by atomic mass is 10.0. The highest BCUT2D eigenvalue weighted by atomic mass is 32.2. The Bertz CT molecular complexity index is 3180. The van der Waals surface area contributed by atoms with E-state index < -0.39 is 45.2 Å². The van der Waals surface area contributed by atoms with Crippen molar-refractivity contribution in [1.82, 2.24) is 45.1 Å². The molecule has 702 valence electrons. The average Bonchev–Trinajstić information content (AvgIpc) is 1.31. The topological polar surface area (TPSA) is 295 Å². The van der Waals surface area contributed by atoms with Gasteiger partial charge < -0.3 is 101 Å². The van der Waals surface area contributed by atoms with Crippen molar-refractivity contribution in [3.05, 3.63) is 82.1 Å². The van der Waals surface area contributed by atoms with Gasteiger partial charge in [-0.05, 0) is 210 Å². The first-order chi connectivity index (χ1) is 58.3. The Hall–Kier alpha value is -4.02. The summed E-state index contributed by atoms with van der Waals surface area (Å²) in [5.74, 6) is 1.07. The predicted molar refractivity (Wildman–Crippen MR) is 500 cm³/mol. The van der Waals surface area contributed by atoms with E-state index in [2.05, 4.69) is 175 Å². The highest BCUT2D eigenvalue weighted by molar-refractivity contribution is 8.00. The van der Waals surface area contributed by atoms with Crippen molar-refractivity contribution in [3.8, 4) is 0 Å². The Balaban J connectivity index is 0.00000153. The fourth-order valence-electron chi connectivity index (χ4n) is 13.0. The number of nitrogens with one attached hydrogen (secondary N) is 4. The molecule has 122 heavy (non-hydrogen) atoms. The monoisotopic (exact) mass is 1840 g/mol. The van der Waals surface area contributed by atoms with Crippen molar-refractivity contribution in [1.29, 1.82) is 0 Å². The summed E-state index contributed by atoms with van der Waals surface area (Å²) in [5, 5.41) is 14.5. The number of alkyl carbamates (subject to hydrolysis) is 1. The van der Waals surface area contributed by atoms with Crippen LogP contribution in [0.25, 0.3) is 30.2 Å². The fourth-order valence-corrected chi connectivity index (χ4v) is 21.6. The minimum Gasteiger partial charge on any atom is -0.768 e. The van der Waals surface area contributed by atoms with Crippen LogP contribution in [0.4, 0.5) is 19.8 Å². The summed E-state index contributed by atoms with van der Waals surface area (Å²) in [7, 11) is 2.21. The normalized spacial score (nSPS) is 15.5. The van der Waals surface area contributed by atoms with Gasteiger partial charge in [0.2, 0.25) is 32.1 Å². The van der Waals surface area contributed by atoms with Crippen LogP contribution in [-0.4, -0.2) is 262 Å². The Morgan fingerprint density at radius 3 is 1.27 bits per heavy atom. The van der Waals surface area contributed by atoms with Gasteiger partial charge in [-0.15, -0.1) is 9.60 Å². The number of nitrogens with two attached hydrogens (primary N) is 1. The maximum absolute atomic E-state index is 13.1. The summed E-state index contributed by atoms with van der Waals surface area (Å²) in [6, 6.07) is 14.0. The lowest BCUT2D eigenvalue weighted by Crippen LogP contribution is -2.37. The number of thioether (sulfide) groups is 1. The number of rotatable bonds is 63. The molecule has 2 aromatic rings. The van der Waals surface area contributed by atoms with Gasteiger partial charge in [0, 0.05) is 123 Å². The first-order valence-electron chi connectivity index (χ1n) is 43.7. The molecule has 0 aromatic heterocycles. The molecule has 4 amide bonds. The van der Waals surface area contributed by atoms with Gasteiger partial charge in [0.25, 0.3) is 34.1 Å². The zero-order valence-electron chi connectivity index (χ0n) is 77.6. The molecular weight excluding hydrogens is 1680 g/mol. The number of methoxy groups -OCH3 is 2. The summed E-state index contributed by atoms with van der Waals surface area (Å²) >= 11 is -0.304. The van der Waals surface area contributed by atoms with Gasteiger partial charge in [0.15, 0.2) is 0 Å². The number of benzene rings is 2. The molecule has 0 radical (unpaired) electrons. The van der Waals surface area contributed by atoms with Crippen LogP contribution in [0.2, 0.25) is 0 Å². The van der Waals surface area contributed by atoms with Gasteiger partial charge in [0.1, 0.15) is 33.2 Å². The van der Waals surface area contributed by atoms with Crippen LogP contribution in [-0.2, 0) is 61.5 Å². The van der Waals surface area contributed by atoms with Gasteiger partial charge in [-0.1, -0.05) is 75.6 Å². The van der Waals surface area contributed by atoms with Crippen molar-refractivity contribution >= 4 is 91.4 Å². The quantitative estimate of drug-likeness (QED) is 0.00782. The standard InChI is InChI=1S/C24H44N5O4PS.C17H35FN3O3P.C17H34N3O4P.C15H32N3O2P.C12H13NO2S/c1-18(2)29(19(3)4)34(33-16-14-25-5)32-15-9-7-6-8-13-26-22(30)12-10-11-21-23-20(17-35-21)27-24(31)28-23;1-16(2)21(17(3)4)25(24-14-11-19-5)23-13-10-8-7-9-12-20(18)15-22-6;1-15(2)20(16(3)4)25(24-14-12-18-5)23-13-10-8-7-9-11-19-17(21)22-6;1-14(2)18(15(3)4)21(20-13-11-17-5)19-12-9-7-6-8-10-16;1-13(2)11-7-3-6-10-9(11)5-4-8-12(10)16(14)15/h18-21,23H,6-17H2,1-4H3,(H,26,30)(H2,27,28,31);16-17H,7-15H2,1-4,6H3;15-16H,7-14H2,1-4,6H3,(H,19,21);14-15H,6-13,16H2,1-4H3;3-8H,1-2H3,(H,14,15)/p-1. The first kappa shape index (κ1) is 118. The predicted octanol–water partition coefficient (Wildman–Crippen LogP) is 19.1. The van der Waals surface area contributed by atoms with Gasteiger partial charge in [-0.25, -0.2) is 54.6 Å². The molecule has 2 aliphatic heterocycles. The second-order valence-electron chi connectivity index (χ2n) is 31.5. The molecule has 0 bridgehead atoms. The number of hydrogen-bond donors (Lipinski definition) is 5. The summed E-state index contributed by atoms with van der Waals surface area (Å²) in [5.41, 5.74) is 6.51. The van der Waals surface area contributed by atoms with Crippen LogP contribution in [0, 0.1) is 26.3 Å². The smallest absolute Gasteiger partial charge is 0.406 e. The molecular formula is C85H157FN15O15P4S2-. The molecule has 2 fully saturated rings. The van der Waals surface area contributed by atoms with E-state index in [4.69, 9.17) is 72.9 Å². The number of halogens is 1. The molecule has 2 heterocycles. The maximum atomic E-state index is 13.1. The molecule has 0 spiro atoms. The second-order valence-corrected chi connectivity index (χ2v) is 39.5. The third-order valence-electron chi connectivity index (χ3n) is 18.3. The summed E-state index contributed by atoms with van der Waals surface area (Å²) in [4.78, 5) is 50.2. The molecule has 2 saturated heterocycles. The van der Waals surface area contributed by atoms with Crippen molar-refractivity contribution in [2.45, 2.75) is 303 Å². The number of unbranched alkanes of at least 4 members (excludes halogenated alkanes) is 12. The molecule has 8 unspecified atom stereocenters. The van der Waals surface area contributed by atoms with Crippen LogP contribution in [0.5, 0.6) is 0 Å². The molecule has 2 aromatic carbocycles. The summed E-state index contributed by atoms with van der Waals surface area (Å²) in [6.07, 6.45) is 18.0. The van der Waals surface area contributed by atoms with Gasteiger partial charge in [-0.2, -0.15) is 11.8 Å². The number of urea groups is 1. The van der Waals surface area contributed by atoms with Gasteiger partial charge in [0.05, 0.1) is 45.6 Å². The number of carbonyl (C=O) groups is 3. The van der Waals surface area contributed by atoms with Crippen LogP contribution in [0.3, 0.4) is 0 Å². The van der Waals surface area contributed by atoms with E-state index in [1.165, 1.54) is 14.2 Å². The van der Waals surface area contributed by atoms with Crippen LogP contribution < -0.4 is 31.9 Å². The number of hydrogen-bond acceptors (Lipinski definition) is 23. The number of ether oxygens (including phenoxy) is 2. The third kappa shape index (κ3) is 54.3. The third-order valence-corrected chi connectivity index (χ3v) is 29.0. The number of carbonyl (C=O) groups excluding carboxylic acids is 3. The van der Waals surface area contributed by atoms with E-state index in [0.29, 0.717) is 169 Å². The molecule has 2 aliphatic rings. The minimum absolute atomic E-state index is 0.0234. The molecule has 6 N–H and O–H groups in total. The number of fused-ring (bicyclic) bond motifs is 2. The van der Waals surface area contributed by atoms with Crippen LogP contribution in [0.15, 0.2) is 41.3 Å². The van der Waals surface area contributed by atoms with E-state index in [9.17, 15) is 27.6 Å². The fraction of sp³-hybridized carbons (Fsp3) is 0.800. The van der Waals surface area contributed by atoms with Crippen molar-refractivity contribution < 1.29 is 73.3 Å². The largest absolute Gasteiger partial charge is 0.768 e. The summed E-state index contributed by atoms with van der Waals surface area (Å²) < 4.78 is 101. The molecule has 4 rings (SSSR count). The lowest BCUT2D eigenvalue weighted by Gasteiger charge is -2.35. The zero-order chi connectivity index (χ0) is 91.6. The van der Waals surface area contributed by atoms with Crippen molar-refractivity contribution in [3.63, 3.8) is 0 Å². The lowest BCUT2D eigenvalue weighted by molar-refractivity contribution is -0.121. The highest BCUT2D eigenvalue weighted by Crippen LogP contribution is 2.49. The van der Waals surface area contributed by atoms with E-state index in [1.54, 1.807) is 12.1 Å². The molecule has 0 aliphatic carbocycles. The van der Waals surface area contributed by atoms with Crippen LogP contribution in [0.1, 0.15) is 233 Å². The van der Waals surface area contributed by atoms with Gasteiger partial charge in [-0.3, -0.25) is 9.00 Å². The van der Waals surface area contributed by atoms with Crippen molar-refractivity contribution in [2.24, 2.45) is 5.73 Å². The Labute approximate surface area is 747 Å². The number of nitrogens with zero attached hydrogens (tertiary/aromatic N) is 10. The molecule has 0 saturated carbocycles. The minimum atomic E-state index is -2.19. The van der Waals surface area contributed by atoms with Gasteiger partial charge >= 0.3 is 12.1 Å². The second kappa shape index (κ2) is 74.9. The Morgan fingerprint density at radius 1 is 0.533 bits per heavy atom. The SMILES string of the molecule is CN(C)c1cccc2c(S(=O)[O-])cccc12.[C-]#[N+]CCOP(OCCCCCCN(F)COC)N(C(C)C)C(C)C.[C-]#[N+]CCOP(OCCCCCCN)N(C(C)C)C(C)C.[C-]#[N+]CCOP(OCCCCCCNC(=O)CCCC1SCC2NC(=O)NC21)N(C(C)C)C(C)C.[C-]#[N+]CCOP(OCCCCCCNC(=O)OC)N(C(C)C)C(C)C. The van der Waals surface area contributed by atoms with Crippen LogP contribution >= 0.6 is 45.9 Å². The highest BCUT2D eigenvalue weighted by Gasteiger charge is 2.43. The number of anilines is 1. The summed E-state index contributed by atoms with van der Waals surface area (Å²) in [6.45, 7) is 70.0. The maximum Gasteiger partial charge on any atom is 0.406 e. The van der Waals surface area contributed by atoms with E-state index in [1.807, 2.05) is 55.0 Å². The van der Waals surface area contributed by atoms with Crippen molar-refractivity contribution in [2.75, 3.05) is 151 Å². The molecule has 8 atom stereocenters. The number of amides is 4. The Kier molecular flexibility index (Phi) is 72.4. The van der Waals surface area contributed by atoms with E-state index in [-0.39, 0.29) is 36.8 Å². The molecule has 37 heteroatoms. The first-order valence-corrected chi connectivity index (χ1v) is 50.3. The van der Waals surface area contributed by atoms with E-state index >= 15 is 0 Å².